The second-order valence-corrected chi connectivity index (χ2v) is 8.18. The number of aromatic nitrogens is 3. The van der Waals surface area contributed by atoms with E-state index in [9.17, 15) is 0 Å². The molecule has 3 nitrogen and oxygen atoms in total. The summed E-state index contributed by atoms with van der Waals surface area (Å²) < 4.78 is 4.52. The minimum absolute atomic E-state index is 0.00331. The van der Waals surface area contributed by atoms with E-state index in [0.717, 1.165) is 17.2 Å². The van der Waals surface area contributed by atoms with Gasteiger partial charge in [-0.3, -0.25) is 0 Å². The second-order valence-electron chi connectivity index (χ2n) is 8.18. The molecule has 0 N–H and O–H groups in total. The van der Waals surface area contributed by atoms with E-state index in [2.05, 4.69) is 93.5 Å². The molecular weight excluding hydrogens is 306 g/mol. The normalized spacial score (nSPS) is 17.0. The summed E-state index contributed by atoms with van der Waals surface area (Å²) in [6.45, 7) is 11.5. The highest BCUT2D eigenvalue weighted by atomic mass is 15.5. The van der Waals surface area contributed by atoms with Crippen molar-refractivity contribution in [2.75, 3.05) is 0 Å². The number of rotatable bonds is 1. The quantitative estimate of drug-likeness (QED) is 0.611. The molecule has 0 saturated carbocycles. The van der Waals surface area contributed by atoms with E-state index >= 15 is 0 Å². The number of hydrogen-bond donors (Lipinski definition) is 0. The zero-order valence-corrected chi connectivity index (χ0v) is 16.0. The molecule has 0 spiro atoms. The SMILES string of the molecule is Cc1cccc2c1-n1c(nc(-c3ccccc3)[n+]1C)C(C)(C)C2(C)C. The van der Waals surface area contributed by atoms with Crippen LogP contribution in [0, 0.1) is 6.92 Å². The van der Waals surface area contributed by atoms with Crippen LogP contribution in [0.5, 0.6) is 0 Å². The molecule has 2 aromatic carbocycles. The molecule has 0 amide bonds. The molecule has 25 heavy (non-hydrogen) atoms. The molecule has 3 aromatic rings. The molecule has 1 aliphatic heterocycles. The summed E-state index contributed by atoms with van der Waals surface area (Å²) in [5.74, 6) is 2.14. The standard InChI is InChI=1S/C22H26N3/c1-15-11-10-14-17-18(15)25-20(22(4,5)21(17,2)3)23-19(24(25)6)16-12-8-7-9-13-16/h7-14H,1-6H3/q+1. The van der Waals surface area contributed by atoms with E-state index in [-0.39, 0.29) is 10.8 Å². The molecule has 2 heterocycles. The zero-order chi connectivity index (χ0) is 18.0. The van der Waals surface area contributed by atoms with Gasteiger partial charge in [-0.25, -0.2) is 0 Å². The number of benzene rings is 2. The molecule has 3 heteroatoms. The molecule has 0 atom stereocenters. The summed E-state index contributed by atoms with van der Waals surface area (Å²) in [6.07, 6.45) is 0. The van der Waals surface area contributed by atoms with Gasteiger partial charge in [0.05, 0.1) is 16.7 Å². The average molecular weight is 332 g/mol. The minimum Gasteiger partial charge on any atom is -0.147 e. The van der Waals surface area contributed by atoms with Gasteiger partial charge in [-0.2, -0.15) is 0 Å². The van der Waals surface area contributed by atoms with E-state index in [1.54, 1.807) is 0 Å². The highest BCUT2D eigenvalue weighted by Crippen LogP contribution is 2.49. The first-order valence-corrected chi connectivity index (χ1v) is 8.92. The summed E-state index contributed by atoms with van der Waals surface area (Å²) in [6, 6.07) is 17.1. The van der Waals surface area contributed by atoms with Crippen LogP contribution in [-0.2, 0) is 17.9 Å². The maximum absolute atomic E-state index is 5.13. The summed E-state index contributed by atoms with van der Waals surface area (Å²) >= 11 is 0. The summed E-state index contributed by atoms with van der Waals surface area (Å²) in [5.41, 5.74) is 5.01. The molecule has 0 aliphatic carbocycles. The number of aryl methyl sites for hydroxylation is 1. The molecule has 0 fully saturated rings. The van der Waals surface area contributed by atoms with Gasteiger partial charge < -0.3 is 0 Å². The first kappa shape index (κ1) is 16.1. The zero-order valence-electron chi connectivity index (χ0n) is 16.0. The van der Waals surface area contributed by atoms with Crippen molar-refractivity contribution in [3.05, 3.63) is 65.5 Å². The Morgan fingerprint density at radius 3 is 2.24 bits per heavy atom. The maximum atomic E-state index is 5.13. The van der Waals surface area contributed by atoms with Gasteiger partial charge in [0.25, 0.3) is 5.82 Å². The third-order valence-electron chi connectivity index (χ3n) is 6.30. The summed E-state index contributed by atoms with van der Waals surface area (Å²) in [4.78, 5) is 5.13. The van der Waals surface area contributed by atoms with E-state index < -0.39 is 0 Å². The third kappa shape index (κ3) is 1.98. The van der Waals surface area contributed by atoms with E-state index in [1.807, 2.05) is 6.07 Å². The Morgan fingerprint density at radius 1 is 0.880 bits per heavy atom. The topological polar surface area (TPSA) is 21.7 Å². The van der Waals surface area contributed by atoms with Crippen molar-refractivity contribution in [3.8, 4) is 17.1 Å². The van der Waals surface area contributed by atoms with Gasteiger partial charge in [-0.05, 0) is 49.0 Å². The highest BCUT2D eigenvalue weighted by Gasteiger charge is 2.53. The predicted octanol–water partition coefficient (Wildman–Crippen LogP) is 4.24. The van der Waals surface area contributed by atoms with Gasteiger partial charge in [-0.15, -0.1) is 9.36 Å². The third-order valence-corrected chi connectivity index (χ3v) is 6.30. The van der Waals surface area contributed by atoms with E-state index in [4.69, 9.17) is 4.98 Å². The van der Waals surface area contributed by atoms with Crippen molar-refractivity contribution in [2.45, 2.75) is 45.4 Å². The van der Waals surface area contributed by atoms with Crippen LogP contribution >= 0.6 is 0 Å². The minimum atomic E-state index is -0.0847. The number of nitrogens with zero attached hydrogens (tertiary/aromatic N) is 3. The van der Waals surface area contributed by atoms with Gasteiger partial charge in [0.1, 0.15) is 7.05 Å². The van der Waals surface area contributed by atoms with Crippen LogP contribution in [0.15, 0.2) is 48.5 Å². The first-order chi connectivity index (χ1) is 11.8. The number of fused-ring (bicyclic) bond motifs is 3. The van der Waals surface area contributed by atoms with Crippen LogP contribution < -0.4 is 4.68 Å². The van der Waals surface area contributed by atoms with Crippen molar-refractivity contribution >= 4 is 0 Å². The van der Waals surface area contributed by atoms with Crippen LogP contribution in [0.2, 0.25) is 0 Å². The second kappa shape index (κ2) is 5.04. The lowest BCUT2D eigenvalue weighted by Crippen LogP contribution is -2.51. The Bertz CT molecular complexity index is 962. The molecule has 1 aliphatic rings. The molecule has 4 rings (SSSR count). The first-order valence-electron chi connectivity index (χ1n) is 8.92. The summed E-state index contributed by atoms with van der Waals surface area (Å²) in [7, 11) is 2.11. The highest BCUT2D eigenvalue weighted by molar-refractivity contribution is 5.58. The fourth-order valence-corrected chi connectivity index (χ4v) is 4.02. The molecule has 0 unspecified atom stereocenters. The van der Waals surface area contributed by atoms with Gasteiger partial charge >= 0.3 is 5.82 Å². The lowest BCUT2D eigenvalue weighted by molar-refractivity contribution is -0.736. The van der Waals surface area contributed by atoms with Gasteiger partial charge in [-0.1, -0.05) is 50.2 Å². The van der Waals surface area contributed by atoms with Gasteiger partial charge in [0.15, 0.2) is 0 Å². The largest absolute Gasteiger partial charge is 0.351 e. The van der Waals surface area contributed by atoms with Crippen molar-refractivity contribution < 1.29 is 4.68 Å². The monoisotopic (exact) mass is 332 g/mol. The Morgan fingerprint density at radius 2 is 1.56 bits per heavy atom. The Balaban J connectivity index is 2.11. The predicted molar refractivity (Wildman–Crippen MR) is 101 cm³/mol. The van der Waals surface area contributed by atoms with Crippen LogP contribution in [0.1, 0.15) is 44.6 Å². The van der Waals surface area contributed by atoms with E-state index in [0.29, 0.717) is 0 Å². The van der Waals surface area contributed by atoms with Crippen molar-refractivity contribution in [1.29, 1.82) is 0 Å². The molecular formula is C22H26N3+. The number of hydrogen-bond acceptors (Lipinski definition) is 1. The van der Waals surface area contributed by atoms with Crippen molar-refractivity contribution in [3.63, 3.8) is 0 Å². The fourth-order valence-electron chi connectivity index (χ4n) is 4.02. The smallest absolute Gasteiger partial charge is 0.147 e. The van der Waals surface area contributed by atoms with Crippen molar-refractivity contribution in [1.82, 2.24) is 9.67 Å². The van der Waals surface area contributed by atoms with Crippen molar-refractivity contribution in [2.24, 2.45) is 7.05 Å². The summed E-state index contributed by atoms with van der Waals surface area (Å²) in [5, 5.41) is 0. The average Bonchev–Trinajstić information content (AvgIpc) is 2.92. The Kier molecular flexibility index (Phi) is 3.24. The van der Waals surface area contributed by atoms with Crippen LogP contribution in [0.25, 0.3) is 17.1 Å². The number of para-hydroxylation sites is 1. The molecule has 0 saturated heterocycles. The van der Waals surface area contributed by atoms with Crippen LogP contribution in [0.4, 0.5) is 0 Å². The Labute approximate surface area is 149 Å². The lowest BCUT2D eigenvalue weighted by atomic mass is 9.61. The van der Waals surface area contributed by atoms with E-state index in [1.165, 1.54) is 16.8 Å². The molecule has 128 valence electrons. The van der Waals surface area contributed by atoms with Gasteiger partial charge in [0.2, 0.25) is 0 Å². The lowest BCUT2D eigenvalue weighted by Gasteiger charge is -2.44. The maximum Gasteiger partial charge on any atom is 0.351 e. The van der Waals surface area contributed by atoms with Crippen LogP contribution in [0.3, 0.4) is 0 Å². The molecule has 0 bridgehead atoms. The van der Waals surface area contributed by atoms with Gasteiger partial charge in [0, 0.05) is 5.41 Å². The van der Waals surface area contributed by atoms with Crippen LogP contribution in [-0.4, -0.2) is 9.67 Å². The fraction of sp³-hybridized carbons (Fsp3) is 0.364. The molecule has 1 aromatic heterocycles. The molecule has 0 radical (unpaired) electrons. The Hall–Kier alpha value is -2.42.